The van der Waals surface area contributed by atoms with E-state index in [4.69, 9.17) is 26.8 Å². The number of benzene rings is 1. The summed E-state index contributed by atoms with van der Waals surface area (Å²) in [5, 5.41) is -0.242. The van der Waals surface area contributed by atoms with Crippen LogP contribution in [0.1, 0.15) is 24.8 Å². The Hall–Kier alpha value is -1.33. The number of rotatable bonds is 4. The highest BCUT2D eigenvalue weighted by Crippen LogP contribution is 2.37. The van der Waals surface area contributed by atoms with Crippen molar-refractivity contribution in [3.63, 3.8) is 0 Å². The molecule has 19 heavy (non-hydrogen) atoms. The monoisotopic (exact) mass is 287 g/mol. The van der Waals surface area contributed by atoms with Crippen molar-refractivity contribution in [1.82, 2.24) is 0 Å². The summed E-state index contributed by atoms with van der Waals surface area (Å²) in [4.78, 5) is 11.7. The van der Waals surface area contributed by atoms with Crippen molar-refractivity contribution in [2.75, 3.05) is 7.11 Å². The molecular formula is C13H15ClFNO3. The second-order valence-electron chi connectivity index (χ2n) is 4.44. The number of esters is 1. The molecule has 104 valence electrons. The first-order valence-corrected chi connectivity index (χ1v) is 6.42. The average molecular weight is 288 g/mol. The van der Waals surface area contributed by atoms with Crippen LogP contribution in [0.5, 0.6) is 11.5 Å². The zero-order valence-electron chi connectivity index (χ0n) is 10.5. The van der Waals surface area contributed by atoms with Gasteiger partial charge in [-0.05, 0) is 12.8 Å². The third kappa shape index (κ3) is 2.67. The summed E-state index contributed by atoms with van der Waals surface area (Å²) in [6.45, 7) is -0.0500. The molecule has 0 bridgehead atoms. The van der Waals surface area contributed by atoms with E-state index in [-0.39, 0.29) is 40.5 Å². The third-order valence-corrected chi connectivity index (χ3v) is 3.66. The Morgan fingerprint density at radius 1 is 1.53 bits per heavy atom. The fourth-order valence-electron chi connectivity index (χ4n) is 1.90. The minimum absolute atomic E-state index is 0.0230. The van der Waals surface area contributed by atoms with Crippen molar-refractivity contribution in [1.29, 1.82) is 0 Å². The van der Waals surface area contributed by atoms with Gasteiger partial charge in [-0.15, -0.1) is 0 Å². The minimum atomic E-state index is -0.708. The summed E-state index contributed by atoms with van der Waals surface area (Å²) in [7, 11) is 1.39. The molecule has 0 aromatic heterocycles. The number of hydrogen-bond donors (Lipinski definition) is 1. The second kappa shape index (κ2) is 5.75. The molecule has 2 rings (SSSR count). The van der Waals surface area contributed by atoms with Crippen molar-refractivity contribution < 1.29 is 18.7 Å². The van der Waals surface area contributed by atoms with Gasteiger partial charge in [0.05, 0.1) is 13.0 Å². The number of methoxy groups -OCH3 is 1. The van der Waals surface area contributed by atoms with Crippen LogP contribution in [0.3, 0.4) is 0 Å². The molecule has 1 aromatic carbocycles. The highest BCUT2D eigenvalue weighted by Gasteiger charge is 2.28. The van der Waals surface area contributed by atoms with Gasteiger partial charge >= 0.3 is 5.97 Å². The Kier molecular flexibility index (Phi) is 4.27. The zero-order chi connectivity index (χ0) is 14.0. The van der Waals surface area contributed by atoms with Gasteiger partial charge in [0.25, 0.3) is 0 Å². The quantitative estimate of drug-likeness (QED) is 0.683. The van der Waals surface area contributed by atoms with E-state index in [0.717, 1.165) is 19.3 Å². The lowest BCUT2D eigenvalue weighted by atomic mass is 9.86. The molecule has 0 amide bonds. The van der Waals surface area contributed by atoms with Crippen molar-refractivity contribution in [2.24, 2.45) is 11.7 Å². The highest BCUT2D eigenvalue weighted by atomic mass is 35.5. The predicted octanol–water partition coefficient (Wildman–Crippen LogP) is 2.65. The van der Waals surface area contributed by atoms with Gasteiger partial charge in [-0.25, -0.2) is 4.39 Å². The van der Waals surface area contributed by atoms with Crippen molar-refractivity contribution in [2.45, 2.75) is 25.8 Å². The van der Waals surface area contributed by atoms with E-state index in [1.165, 1.54) is 13.2 Å². The first-order valence-electron chi connectivity index (χ1n) is 6.05. The smallest absolute Gasteiger partial charge is 0.314 e. The summed E-state index contributed by atoms with van der Waals surface area (Å²) >= 11 is 5.85. The number of halogens is 2. The molecule has 1 aromatic rings. The lowest BCUT2D eigenvalue weighted by Gasteiger charge is -2.23. The molecule has 1 aliphatic carbocycles. The second-order valence-corrected chi connectivity index (χ2v) is 4.81. The molecule has 0 atom stereocenters. The molecule has 0 heterocycles. The lowest BCUT2D eigenvalue weighted by Crippen LogP contribution is -2.26. The molecule has 0 aliphatic heterocycles. The number of carbonyl (C=O) groups excluding carboxylic acids is 1. The summed E-state index contributed by atoms with van der Waals surface area (Å²) < 4.78 is 24.1. The lowest BCUT2D eigenvalue weighted by molar-refractivity contribution is -0.141. The Balaban J connectivity index is 2.29. The van der Waals surface area contributed by atoms with Crippen LogP contribution in [-0.4, -0.2) is 13.1 Å². The van der Waals surface area contributed by atoms with Gasteiger partial charge in [0.2, 0.25) is 0 Å². The molecule has 0 spiro atoms. The van der Waals surface area contributed by atoms with Gasteiger partial charge in [-0.1, -0.05) is 18.0 Å². The Labute approximate surface area is 115 Å². The molecule has 0 unspecified atom stereocenters. The number of hydrogen-bond acceptors (Lipinski definition) is 4. The molecule has 2 N–H and O–H groups in total. The number of ether oxygens (including phenoxy) is 2. The maximum Gasteiger partial charge on any atom is 0.314 e. The largest absolute Gasteiger partial charge is 0.496 e. The van der Waals surface area contributed by atoms with E-state index in [2.05, 4.69) is 0 Å². The maximum absolute atomic E-state index is 14.0. The van der Waals surface area contributed by atoms with Crippen molar-refractivity contribution in [3.8, 4) is 11.5 Å². The van der Waals surface area contributed by atoms with E-state index in [0.29, 0.717) is 0 Å². The van der Waals surface area contributed by atoms with Crippen LogP contribution in [0.25, 0.3) is 0 Å². The fraction of sp³-hybridized carbons (Fsp3) is 0.462. The van der Waals surface area contributed by atoms with Gasteiger partial charge in [-0.3, -0.25) is 4.79 Å². The minimum Gasteiger partial charge on any atom is -0.496 e. The number of nitrogens with two attached hydrogens (primary N) is 1. The Morgan fingerprint density at radius 3 is 2.68 bits per heavy atom. The summed E-state index contributed by atoms with van der Waals surface area (Å²) in [5.74, 6) is -1.000. The average Bonchev–Trinajstić information content (AvgIpc) is 2.32. The SMILES string of the molecule is COc1cc(OC(=O)C2CCC2)c(Cl)c(F)c1CN. The molecule has 0 saturated heterocycles. The predicted molar refractivity (Wildman–Crippen MR) is 68.8 cm³/mol. The van der Waals surface area contributed by atoms with E-state index in [1.54, 1.807) is 0 Å². The van der Waals surface area contributed by atoms with E-state index < -0.39 is 5.82 Å². The zero-order valence-corrected chi connectivity index (χ0v) is 11.3. The first kappa shape index (κ1) is 14.1. The maximum atomic E-state index is 14.0. The van der Waals surface area contributed by atoms with Crippen molar-refractivity contribution in [3.05, 3.63) is 22.5 Å². The summed E-state index contributed by atoms with van der Waals surface area (Å²) in [6, 6.07) is 1.39. The molecule has 1 fully saturated rings. The molecule has 1 saturated carbocycles. The highest BCUT2D eigenvalue weighted by molar-refractivity contribution is 6.32. The van der Waals surface area contributed by atoms with Gasteiger partial charge in [0.1, 0.15) is 10.8 Å². The van der Waals surface area contributed by atoms with Gasteiger partial charge < -0.3 is 15.2 Å². The van der Waals surface area contributed by atoms with Crippen LogP contribution in [-0.2, 0) is 11.3 Å². The molecule has 1 aliphatic rings. The summed E-state index contributed by atoms with van der Waals surface area (Å²) in [5.41, 5.74) is 5.60. The van der Waals surface area contributed by atoms with Gasteiger partial charge in [-0.2, -0.15) is 0 Å². The van der Waals surface area contributed by atoms with E-state index >= 15 is 0 Å². The summed E-state index contributed by atoms with van der Waals surface area (Å²) in [6.07, 6.45) is 2.62. The van der Waals surface area contributed by atoms with Crippen LogP contribution < -0.4 is 15.2 Å². The van der Waals surface area contributed by atoms with Crippen LogP contribution >= 0.6 is 11.6 Å². The third-order valence-electron chi connectivity index (χ3n) is 3.31. The molecule has 4 nitrogen and oxygen atoms in total. The Morgan fingerprint density at radius 2 is 2.21 bits per heavy atom. The van der Waals surface area contributed by atoms with Gasteiger partial charge in [0, 0.05) is 18.2 Å². The molecule has 6 heteroatoms. The fourth-order valence-corrected chi connectivity index (χ4v) is 2.11. The first-order chi connectivity index (χ1) is 9.08. The van der Waals surface area contributed by atoms with Crippen LogP contribution in [0.4, 0.5) is 4.39 Å². The molecular weight excluding hydrogens is 273 g/mol. The van der Waals surface area contributed by atoms with E-state index in [1.807, 2.05) is 0 Å². The van der Waals surface area contributed by atoms with Crippen LogP contribution in [0.2, 0.25) is 5.02 Å². The van der Waals surface area contributed by atoms with Crippen molar-refractivity contribution >= 4 is 17.6 Å². The Bertz CT molecular complexity index is 503. The van der Waals surface area contributed by atoms with E-state index in [9.17, 15) is 9.18 Å². The normalized spacial score (nSPS) is 14.9. The van der Waals surface area contributed by atoms with Crippen LogP contribution in [0.15, 0.2) is 6.07 Å². The standard InChI is InChI=1S/C13H15ClFNO3/c1-18-9-5-10(11(14)12(15)8(9)6-16)19-13(17)7-3-2-4-7/h5,7H,2-4,6,16H2,1H3. The topological polar surface area (TPSA) is 61.5 Å². The molecule has 0 radical (unpaired) electrons. The van der Waals surface area contributed by atoms with Gasteiger partial charge in [0.15, 0.2) is 11.6 Å². The van der Waals surface area contributed by atoms with Crippen LogP contribution in [0, 0.1) is 11.7 Å². The number of carbonyl (C=O) groups is 1.